The molecular weight excluding hydrogens is 224 g/mol. The molecule has 0 saturated carbocycles. The third-order valence-corrected chi connectivity index (χ3v) is 2.06. The number of nitro groups is 1. The number of carboxylic acid groups (broad SMARTS) is 1. The number of carbonyl (C=O) groups is 1. The number of carboxylic acids is 1. The average Bonchev–Trinajstić information content (AvgIpc) is 2.28. The molecule has 6 nitrogen and oxygen atoms in total. The zero-order valence-electron chi connectivity index (χ0n) is 9.01. The fourth-order valence-electron chi connectivity index (χ4n) is 1.25. The van der Waals surface area contributed by atoms with Crippen LogP contribution >= 0.6 is 0 Å². The van der Waals surface area contributed by atoms with Crippen molar-refractivity contribution in [2.75, 3.05) is 5.32 Å². The number of hydrogen-bond acceptors (Lipinski definition) is 4. The maximum atomic E-state index is 10.9. The summed E-state index contributed by atoms with van der Waals surface area (Å²) in [6.07, 6.45) is 5.16. The van der Waals surface area contributed by atoms with Gasteiger partial charge in [-0.3, -0.25) is 10.1 Å². The Balaban J connectivity index is 3.15. The molecule has 6 heteroatoms. The van der Waals surface area contributed by atoms with Crippen LogP contribution in [0.4, 0.5) is 11.4 Å². The number of benzene rings is 1. The van der Waals surface area contributed by atoms with Crippen LogP contribution < -0.4 is 5.32 Å². The highest BCUT2D eigenvalue weighted by Gasteiger charge is 2.20. The summed E-state index contributed by atoms with van der Waals surface area (Å²) < 4.78 is 0. The maximum absolute atomic E-state index is 10.9. The fraction of sp³-hybridized carbons (Fsp3) is 0.182. The van der Waals surface area contributed by atoms with E-state index in [1.807, 2.05) is 0 Å². The molecule has 0 spiro atoms. The lowest BCUT2D eigenvalue weighted by atomic mass is 10.1. The Labute approximate surface area is 97.4 Å². The van der Waals surface area contributed by atoms with Gasteiger partial charge in [-0.1, -0.05) is 5.92 Å². The monoisotopic (exact) mass is 234 g/mol. The van der Waals surface area contributed by atoms with Crippen LogP contribution in [-0.4, -0.2) is 22.0 Å². The molecule has 1 aromatic rings. The molecule has 0 saturated heterocycles. The van der Waals surface area contributed by atoms with Crippen molar-refractivity contribution in [2.45, 2.75) is 13.0 Å². The molecule has 0 amide bonds. The van der Waals surface area contributed by atoms with E-state index in [1.165, 1.54) is 12.1 Å². The molecule has 88 valence electrons. The van der Waals surface area contributed by atoms with Crippen molar-refractivity contribution in [3.63, 3.8) is 0 Å². The van der Waals surface area contributed by atoms with Gasteiger partial charge in [-0.15, -0.1) is 6.42 Å². The first-order chi connectivity index (χ1) is 7.95. The summed E-state index contributed by atoms with van der Waals surface area (Å²) in [5.41, 5.74) is -0.390. The SMILES string of the molecule is C#CC(C)Nc1ccc([N+](=O)[O-])c(C(=O)O)c1. The molecule has 17 heavy (non-hydrogen) atoms. The smallest absolute Gasteiger partial charge is 0.342 e. The number of rotatable bonds is 4. The molecule has 0 bridgehead atoms. The van der Waals surface area contributed by atoms with Crippen molar-refractivity contribution in [3.8, 4) is 12.3 Å². The molecule has 1 unspecified atom stereocenters. The van der Waals surface area contributed by atoms with Crippen molar-refractivity contribution >= 4 is 17.3 Å². The summed E-state index contributed by atoms with van der Waals surface area (Å²) in [6.45, 7) is 1.71. The van der Waals surface area contributed by atoms with E-state index in [4.69, 9.17) is 11.5 Å². The number of aromatic carboxylic acids is 1. The molecule has 1 atom stereocenters. The summed E-state index contributed by atoms with van der Waals surface area (Å²) in [5, 5.41) is 22.3. The predicted molar refractivity (Wildman–Crippen MR) is 62.0 cm³/mol. The molecule has 0 aliphatic carbocycles. The van der Waals surface area contributed by atoms with Gasteiger partial charge in [-0.05, 0) is 19.1 Å². The van der Waals surface area contributed by atoms with Gasteiger partial charge in [0.25, 0.3) is 5.69 Å². The highest BCUT2D eigenvalue weighted by Crippen LogP contribution is 2.23. The van der Waals surface area contributed by atoms with Crippen LogP contribution in [0.15, 0.2) is 18.2 Å². The average molecular weight is 234 g/mol. The minimum atomic E-state index is -1.35. The molecular formula is C11H10N2O4. The minimum Gasteiger partial charge on any atom is -0.477 e. The van der Waals surface area contributed by atoms with E-state index in [9.17, 15) is 14.9 Å². The molecule has 0 radical (unpaired) electrons. The first-order valence-electron chi connectivity index (χ1n) is 4.70. The van der Waals surface area contributed by atoms with Gasteiger partial charge < -0.3 is 10.4 Å². The van der Waals surface area contributed by atoms with Crippen molar-refractivity contribution < 1.29 is 14.8 Å². The summed E-state index contributed by atoms with van der Waals surface area (Å²) in [4.78, 5) is 20.7. The molecule has 0 aliphatic rings. The Morgan fingerprint density at radius 1 is 1.65 bits per heavy atom. The van der Waals surface area contributed by atoms with E-state index >= 15 is 0 Å². The van der Waals surface area contributed by atoms with Gasteiger partial charge in [-0.25, -0.2) is 4.79 Å². The number of terminal acetylenes is 1. The summed E-state index contributed by atoms with van der Waals surface area (Å²) in [6, 6.07) is 3.44. The Morgan fingerprint density at radius 3 is 2.76 bits per heavy atom. The van der Waals surface area contributed by atoms with E-state index < -0.39 is 16.6 Å². The molecule has 0 fully saturated rings. The van der Waals surface area contributed by atoms with Gasteiger partial charge in [0.05, 0.1) is 11.0 Å². The third kappa shape index (κ3) is 2.95. The summed E-state index contributed by atoms with van der Waals surface area (Å²) >= 11 is 0. The van der Waals surface area contributed by atoms with E-state index in [-0.39, 0.29) is 11.6 Å². The van der Waals surface area contributed by atoms with Gasteiger partial charge in [0.15, 0.2) is 0 Å². The topological polar surface area (TPSA) is 92.5 Å². The van der Waals surface area contributed by atoms with Crippen molar-refractivity contribution in [2.24, 2.45) is 0 Å². The number of nitro benzene ring substituents is 1. The molecule has 1 aromatic carbocycles. The van der Waals surface area contributed by atoms with Gasteiger partial charge in [-0.2, -0.15) is 0 Å². The molecule has 2 N–H and O–H groups in total. The highest BCUT2D eigenvalue weighted by molar-refractivity contribution is 5.93. The molecule has 0 aliphatic heterocycles. The second-order valence-electron chi connectivity index (χ2n) is 3.33. The van der Waals surface area contributed by atoms with Crippen LogP contribution in [0.5, 0.6) is 0 Å². The Morgan fingerprint density at radius 2 is 2.29 bits per heavy atom. The quantitative estimate of drug-likeness (QED) is 0.470. The summed E-state index contributed by atoms with van der Waals surface area (Å²) in [5.74, 6) is 1.05. The van der Waals surface area contributed by atoms with E-state index in [0.717, 1.165) is 6.07 Å². The molecule has 0 aromatic heterocycles. The zero-order valence-corrected chi connectivity index (χ0v) is 9.01. The number of hydrogen-bond donors (Lipinski definition) is 2. The standard InChI is InChI=1S/C11H10N2O4/c1-3-7(2)12-8-4-5-10(13(16)17)9(6-8)11(14)15/h1,4-7,12H,2H3,(H,14,15). The third-order valence-electron chi connectivity index (χ3n) is 2.06. The van der Waals surface area contributed by atoms with Crippen LogP contribution in [0.2, 0.25) is 0 Å². The van der Waals surface area contributed by atoms with Gasteiger partial charge in [0.1, 0.15) is 5.56 Å². The van der Waals surface area contributed by atoms with Crippen LogP contribution in [0, 0.1) is 22.5 Å². The zero-order chi connectivity index (χ0) is 13.0. The van der Waals surface area contributed by atoms with Crippen molar-refractivity contribution in [3.05, 3.63) is 33.9 Å². The second-order valence-corrected chi connectivity index (χ2v) is 3.33. The van der Waals surface area contributed by atoms with Gasteiger partial charge >= 0.3 is 5.97 Å². The Bertz CT molecular complexity index is 505. The Hall–Kier alpha value is -2.55. The lowest BCUT2D eigenvalue weighted by Gasteiger charge is -2.09. The van der Waals surface area contributed by atoms with Gasteiger partial charge in [0.2, 0.25) is 0 Å². The van der Waals surface area contributed by atoms with E-state index in [1.54, 1.807) is 6.92 Å². The van der Waals surface area contributed by atoms with Crippen LogP contribution in [0.3, 0.4) is 0 Å². The number of nitrogens with zero attached hydrogens (tertiary/aromatic N) is 1. The highest BCUT2D eigenvalue weighted by atomic mass is 16.6. The molecule has 1 rings (SSSR count). The van der Waals surface area contributed by atoms with Crippen molar-refractivity contribution in [1.82, 2.24) is 0 Å². The first-order valence-corrected chi connectivity index (χ1v) is 4.70. The van der Waals surface area contributed by atoms with E-state index in [2.05, 4.69) is 11.2 Å². The van der Waals surface area contributed by atoms with E-state index in [0.29, 0.717) is 5.69 Å². The lowest BCUT2D eigenvalue weighted by Crippen LogP contribution is -2.13. The molecule has 0 heterocycles. The second kappa shape index (κ2) is 4.99. The number of nitrogens with one attached hydrogen (secondary N) is 1. The summed E-state index contributed by atoms with van der Waals surface area (Å²) in [7, 11) is 0. The minimum absolute atomic E-state index is 0.293. The van der Waals surface area contributed by atoms with Crippen molar-refractivity contribution in [1.29, 1.82) is 0 Å². The predicted octanol–water partition coefficient (Wildman–Crippen LogP) is 1.73. The first kappa shape index (κ1) is 12.5. The number of anilines is 1. The normalized spacial score (nSPS) is 11.3. The lowest BCUT2D eigenvalue weighted by molar-refractivity contribution is -0.385. The maximum Gasteiger partial charge on any atom is 0.342 e. The largest absolute Gasteiger partial charge is 0.477 e. The van der Waals surface area contributed by atoms with Crippen LogP contribution in [0.25, 0.3) is 0 Å². The fourth-order valence-corrected chi connectivity index (χ4v) is 1.25. The van der Waals surface area contributed by atoms with Crippen LogP contribution in [-0.2, 0) is 0 Å². The van der Waals surface area contributed by atoms with Gasteiger partial charge in [0, 0.05) is 11.8 Å². The Kier molecular flexibility index (Phi) is 3.67. The van der Waals surface area contributed by atoms with Crippen LogP contribution in [0.1, 0.15) is 17.3 Å².